The summed E-state index contributed by atoms with van der Waals surface area (Å²) in [4.78, 5) is 14.6. The maximum atomic E-state index is 12.6. The van der Waals surface area contributed by atoms with E-state index in [-0.39, 0.29) is 5.91 Å². The fraction of sp³-hybridized carbons (Fsp3) is 0.632. The number of hydrogen-bond donors (Lipinski definition) is 0. The lowest BCUT2D eigenvalue weighted by Crippen LogP contribution is -2.47. The van der Waals surface area contributed by atoms with Crippen LogP contribution in [0.2, 0.25) is 0 Å². The van der Waals surface area contributed by atoms with E-state index in [9.17, 15) is 4.79 Å². The summed E-state index contributed by atoms with van der Waals surface area (Å²) in [6.07, 6.45) is 0.773. The maximum Gasteiger partial charge on any atom is 0.263 e. The molecule has 2 rings (SSSR count). The van der Waals surface area contributed by atoms with E-state index in [2.05, 4.69) is 33.8 Å². The van der Waals surface area contributed by atoms with Gasteiger partial charge < -0.3 is 9.64 Å². The van der Waals surface area contributed by atoms with Crippen molar-refractivity contribution in [2.45, 2.75) is 53.1 Å². The summed E-state index contributed by atoms with van der Waals surface area (Å²) in [5, 5.41) is 0. The SMILES string of the molecule is CC1CC(C)CN(C(=O)C(C)Oc2cccc(C(C)C)c2)C1. The smallest absolute Gasteiger partial charge is 0.263 e. The molecule has 3 nitrogen and oxygen atoms in total. The summed E-state index contributed by atoms with van der Waals surface area (Å²) in [5.74, 6) is 2.49. The van der Waals surface area contributed by atoms with Crippen molar-refractivity contribution in [1.82, 2.24) is 4.90 Å². The van der Waals surface area contributed by atoms with Crippen LogP contribution in [0.25, 0.3) is 0 Å². The number of hydrogen-bond acceptors (Lipinski definition) is 2. The molecule has 0 saturated carbocycles. The molecule has 1 amide bonds. The van der Waals surface area contributed by atoms with Gasteiger partial charge in [-0.05, 0) is 48.8 Å². The normalized spacial score (nSPS) is 23.5. The zero-order valence-electron chi connectivity index (χ0n) is 14.5. The van der Waals surface area contributed by atoms with Crippen LogP contribution in [0, 0.1) is 11.8 Å². The molecule has 0 radical (unpaired) electrons. The largest absolute Gasteiger partial charge is 0.481 e. The Labute approximate surface area is 134 Å². The molecule has 3 atom stereocenters. The van der Waals surface area contributed by atoms with Crippen molar-refractivity contribution in [2.75, 3.05) is 13.1 Å². The molecule has 122 valence electrons. The Kier molecular flexibility index (Phi) is 5.49. The fourth-order valence-corrected chi connectivity index (χ4v) is 3.30. The van der Waals surface area contributed by atoms with Gasteiger partial charge in [0.1, 0.15) is 5.75 Å². The fourth-order valence-electron chi connectivity index (χ4n) is 3.30. The van der Waals surface area contributed by atoms with E-state index in [1.165, 1.54) is 12.0 Å². The summed E-state index contributed by atoms with van der Waals surface area (Å²) in [6.45, 7) is 12.3. The van der Waals surface area contributed by atoms with Gasteiger partial charge in [-0.3, -0.25) is 4.79 Å². The average Bonchev–Trinajstić information content (AvgIpc) is 2.45. The number of benzene rings is 1. The van der Waals surface area contributed by atoms with Gasteiger partial charge in [0.25, 0.3) is 5.91 Å². The van der Waals surface area contributed by atoms with Crippen molar-refractivity contribution < 1.29 is 9.53 Å². The predicted octanol–water partition coefficient (Wildman–Crippen LogP) is 4.08. The molecule has 3 heteroatoms. The van der Waals surface area contributed by atoms with Gasteiger partial charge in [0, 0.05) is 13.1 Å². The Balaban J connectivity index is 2.00. The number of carbonyl (C=O) groups is 1. The minimum Gasteiger partial charge on any atom is -0.481 e. The number of piperidine rings is 1. The van der Waals surface area contributed by atoms with E-state index >= 15 is 0 Å². The third-order valence-corrected chi connectivity index (χ3v) is 4.37. The standard InChI is InChI=1S/C19H29NO2/c1-13(2)17-7-6-8-18(10-17)22-16(5)19(21)20-11-14(3)9-15(4)12-20/h6-8,10,13-16H,9,11-12H2,1-5H3. The van der Waals surface area contributed by atoms with E-state index in [0.29, 0.717) is 17.8 Å². The highest BCUT2D eigenvalue weighted by molar-refractivity contribution is 5.81. The summed E-state index contributed by atoms with van der Waals surface area (Å²) < 4.78 is 5.90. The molecule has 1 fully saturated rings. The lowest BCUT2D eigenvalue weighted by molar-refractivity contribution is -0.140. The third kappa shape index (κ3) is 4.25. The van der Waals surface area contributed by atoms with Crippen molar-refractivity contribution in [1.29, 1.82) is 0 Å². The monoisotopic (exact) mass is 303 g/mol. The number of carbonyl (C=O) groups excluding carboxylic acids is 1. The topological polar surface area (TPSA) is 29.5 Å². The highest BCUT2D eigenvalue weighted by Gasteiger charge is 2.29. The van der Waals surface area contributed by atoms with Crippen molar-refractivity contribution >= 4 is 5.91 Å². The first-order valence-electron chi connectivity index (χ1n) is 8.42. The lowest BCUT2D eigenvalue weighted by atomic mass is 9.91. The van der Waals surface area contributed by atoms with Gasteiger partial charge in [-0.2, -0.15) is 0 Å². The number of likely N-dealkylation sites (tertiary alicyclic amines) is 1. The zero-order valence-corrected chi connectivity index (χ0v) is 14.5. The van der Waals surface area contributed by atoms with E-state index in [4.69, 9.17) is 4.74 Å². The van der Waals surface area contributed by atoms with E-state index in [0.717, 1.165) is 18.8 Å². The molecule has 0 spiro atoms. The molecule has 1 aliphatic rings. The molecule has 1 saturated heterocycles. The average molecular weight is 303 g/mol. The number of amides is 1. The number of ether oxygens (including phenoxy) is 1. The first-order chi connectivity index (χ1) is 10.4. The van der Waals surface area contributed by atoms with Crippen LogP contribution in [0.4, 0.5) is 0 Å². The Morgan fingerprint density at radius 2 is 1.82 bits per heavy atom. The zero-order chi connectivity index (χ0) is 16.3. The quantitative estimate of drug-likeness (QED) is 0.838. The van der Waals surface area contributed by atoms with Gasteiger partial charge in [0.2, 0.25) is 0 Å². The van der Waals surface area contributed by atoms with E-state index < -0.39 is 6.10 Å². The van der Waals surface area contributed by atoms with Crippen LogP contribution in [0.3, 0.4) is 0 Å². The second-order valence-corrected chi connectivity index (χ2v) is 7.18. The summed E-state index contributed by atoms with van der Waals surface area (Å²) in [7, 11) is 0. The Morgan fingerprint density at radius 3 is 2.41 bits per heavy atom. The molecule has 22 heavy (non-hydrogen) atoms. The van der Waals surface area contributed by atoms with Crippen molar-refractivity contribution in [3.8, 4) is 5.75 Å². The second-order valence-electron chi connectivity index (χ2n) is 7.18. The number of nitrogens with zero attached hydrogens (tertiary/aromatic N) is 1. The first kappa shape index (κ1) is 16.9. The van der Waals surface area contributed by atoms with Crippen LogP contribution in [0.15, 0.2) is 24.3 Å². The molecule has 1 aromatic rings. The molecule has 0 N–H and O–H groups in total. The summed E-state index contributed by atoms with van der Waals surface area (Å²) in [5.41, 5.74) is 1.23. The van der Waals surface area contributed by atoms with Gasteiger partial charge in [0.15, 0.2) is 6.10 Å². The van der Waals surface area contributed by atoms with Gasteiger partial charge in [-0.25, -0.2) is 0 Å². The van der Waals surface area contributed by atoms with E-state index in [1.54, 1.807) is 0 Å². The summed E-state index contributed by atoms with van der Waals surface area (Å²) in [6, 6.07) is 8.05. The predicted molar refractivity (Wildman–Crippen MR) is 90.1 cm³/mol. The van der Waals surface area contributed by atoms with Crippen molar-refractivity contribution in [3.63, 3.8) is 0 Å². The molecule has 0 aromatic heterocycles. The minimum atomic E-state index is -0.431. The van der Waals surface area contributed by atoms with Crippen LogP contribution in [-0.4, -0.2) is 30.0 Å². The molecule has 0 aliphatic carbocycles. The maximum absolute atomic E-state index is 12.6. The molecule has 0 bridgehead atoms. The summed E-state index contributed by atoms with van der Waals surface area (Å²) >= 11 is 0. The Morgan fingerprint density at radius 1 is 1.18 bits per heavy atom. The molecule has 1 heterocycles. The molecular weight excluding hydrogens is 274 g/mol. The van der Waals surface area contributed by atoms with Crippen LogP contribution < -0.4 is 4.74 Å². The third-order valence-electron chi connectivity index (χ3n) is 4.37. The molecule has 1 aliphatic heterocycles. The van der Waals surface area contributed by atoms with Crippen LogP contribution in [-0.2, 0) is 4.79 Å². The highest BCUT2D eigenvalue weighted by Crippen LogP contribution is 2.24. The second kappa shape index (κ2) is 7.17. The van der Waals surface area contributed by atoms with Crippen LogP contribution >= 0.6 is 0 Å². The molecule has 1 aromatic carbocycles. The van der Waals surface area contributed by atoms with Gasteiger partial charge in [-0.1, -0.05) is 39.8 Å². The van der Waals surface area contributed by atoms with Gasteiger partial charge in [-0.15, -0.1) is 0 Å². The van der Waals surface area contributed by atoms with Gasteiger partial charge in [0.05, 0.1) is 0 Å². The number of rotatable bonds is 4. The van der Waals surface area contributed by atoms with Gasteiger partial charge >= 0.3 is 0 Å². The Bertz CT molecular complexity index is 502. The molecular formula is C19H29NO2. The minimum absolute atomic E-state index is 0.105. The highest BCUT2D eigenvalue weighted by atomic mass is 16.5. The molecule has 3 unspecified atom stereocenters. The van der Waals surface area contributed by atoms with Crippen molar-refractivity contribution in [2.24, 2.45) is 11.8 Å². The lowest BCUT2D eigenvalue weighted by Gasteiger charge is -2.36. The van der Waals surface area contributed by atoms with Crippen LogP contribution in [0.5, 0.6) is 5.75 Å². The van der Waals surface area contributed by atoms with Crippen molar-refractivity contribution in [3.05, 3.63) is 29.8 Å². The van der Waals surface area contributed by atoms with Crippen LogP contribution in [0.1, 0.15) is 52.5 Å². The van der Waals surface area contributed by atoms with E-state index in [1.807, 2.05) is 30.0 Å². The first-order valence-corrected chi connectivity index (χ1v) is 8.42. The Hall–Kier alpha value is -1.51.